The van der Waals surface area contributed by atoms with E-state index < -0.39 is 6.23 Å². The van der Waals surface area contributed by atoms with Crippen molar-refractivity contribution in [3.05, 3.63) is 53.1 Å². The number of aromatic nitrogens is 3. The summed E-state index contributed by atoms with van der Waals surface area (Å²) in [6, 6.07) is 12.8. The fraction of sp³-hybridized carbons (Fsp3) is 0.333. The first kappa shape index (κ1) is 23.3. The normalized spacial score (nSPS) is 14.7. The van der Waals surface area contributed by atoms with Gasteiger partial charge in [-0.25, -0.2) is 0 Å². The molecule has 0 saturated heterocycles. The van der Waals surface area contributed by atoms with Crippen molar-refractivity contribution < 1.29 is 14.3 Å². The van der Waals surface area contributed by atoms with E-state index in [1.54, 1.807) is 23.1 Å². The number of amides is 1. The second-order valence-electron chi connectivity index (χ2n) is 7.47. The lowest BCUT2D eigenvalue weighted by molar-refractivity contribution is -0.118. The van der Waals surface area contributed by atoms with Crippen LogP contribution in [0, 0.1) is 0 Å². The molecule has 2 aromatic carbocycles. The highest BCUT2D eigenvalue weighted by Crippen LogP contribution is 2.44. The third kappa shape index (κ3) is 5.07. The predicted molar refractivity (Wildman–Crippen MR) is 130 cm³/mol. The first-order valence-corrected chi connectivity index (χ1v) is 12.2. The van der Waals surface area contributed by atoms with Gasteiger partial charge in [-0.05, 0) is 55.8 Å². The van der Waals surface area contributed by atoms with Gasteiger partial charge >= 0.3 is 0 Å². The molecule has 0 radical (unpaired) electrons. The Labute approximate surface area is 202 Å². The summed E-state index contributed by atoms with van der Waals surface area (Å²) < 4.78 is 11.9. The Bertz CT molecular complexity index is 1140. The summed E-state index contributed by atoms with van der Waals surface area (Å²) in [6.45, 7) is 6.14. The number of halogens is 1. The van der Waals surface area contributed by atoms with Crippen LogP contribution in [0.25, 0.3) is 11.3 Å². The second kappa shape index (κ2) is 10.4. The topological polar surface area (TPSA) is 77.4 Å². The van der Waals surface area contributed by atoms with Crippen molar-refractivity contribution >= 4 is 35.0 Å². The Hall–Kier alpha value is -2.84. The van der Waals surface area contributed by atoms with E-state index in [-0.39, 0.29) is 5.91 Å². The van der Waals surface area contributed by atoms with Crippen molar-refractivity contribution in [2.24, 2.45) is 0 Å². The number of ether oxygens (including phenoxy) is 2. The summed E-state index contributed by atoms with van der Waals surface area (Å²) >= 11 is 7.84. The third-order valence-electron chi connectivity index (χ3n) is 5.11. The fourth-order valence-corrected chi connectivity index (χ4v) is 4.59. The van der Waals surface area contributed by atoms with E-state index in [1.165, 1.54) is 18.7 Å². The van der Waals surface area contributed by atoms with Crippen LogP contribution in [0.15, 0.2) is 47.6 Å². The van der Waals surface area contributed by atoms with E-state index in [9.17, 15) is 4.79 Å². The highest BCUT2D eigenvalue weighted by molar-refractivity contribution is 7.99. The number of thioether (sulfide) groups is 1. The quantitative estimate of drug-likeness (QED) is 0.304. The molecule has 1 aliphatic heterocycles. The van der Waals surface area contributed by atoms with Gasteiger partial charge in [-0.15, -0.1) is 10.2 Å². The molecule has 0 aliphatic carbocycles. The van der Waals surface area contributed by atoms with Gasteiger partial charge in [0.15, 0.2) is 5.69 Å². The summed E-state index contributed by atoms with van der Waals surface area (Å²) in [5, 5.41) is 9.77. The molecule has 0 saturated carbocycles. The maximum absolute atomic E-state index is 12.9. The van der Waals surface area contributed by atoms with Gasteiger partial charge in [0.05, 0.1) is 12.3 Å². The number of nitrogens with zero attached hydrogens (tertiary/aromatic N) is 4. The number of rotatable bonds is 7. The maximum atomic E-state index is 12.9. The van der Waals surface area contributed by atoms with Gasteiger partial charge in [-0.2, -0.15) is 4.98 Å². The van der Waals surface area contributed by atoms with Gasteiger partial charge < -0.3 is 9.47 Å². The molecule has 3 aromatic rings. The lowest BCUT2D eigenvalue weighted by atomic mass is 10.1. The number of carbonyl (C=O) groups excluding carboxylic acids is 1. The summed E-state index contributed by atoms with van der Waals surface area (Å²) in [6.07, 6.45) is 1.39. The van der Waals surface area contributed by atoms with Gasteiger partial charge in [0.1, 0.15) is 5.75 Å². The number of hydrogen-bond donors (Lipinski definition) is 0. The molecule has 1 aliphatic rings. The molecule has 33 heavy (non-hydrogen) atoms. The van der Waals surface area contributed by atoms with Crippen LogP contribution in [0.2, 0.25) is 5.02 Å². The molecule has 0 bridgehead atoms. The molecule has 1 amide bonds. The SMILES string of the molecule is CCCCSc1nnc2c(n1)O[C@@H](c1ccc(OCC)cc1)N(C(C)=O)c1ccc(Cl)cc1-2. The Morgan fingerprint density at radius 3 is 2.67 bits per heavy atom. The number of anilines is 1. The molecule has 0 spiro atoms. The van der Waals surface area contributed by atoms with Crippen LogP contribution in [0.4, 0.5) is 5.69 Å². The summed E-state index contributed by atoms with van der Waals surface area (Å²) in [7, 11) is 0. The van der Waals surface area contributed by atoms with Crippen molar-refractivity contribution in [3.8, 4) is 22.9 Å². The Morgan fingerprint density at radius 2 is 1.97 bits per heavy atom. The highest BCUT2D eigenvalue weighted by Gasteiger charge is 2.34. The van der Waals surface area contributed by atoms with Crippen molar-refractivity contribution in [3.63, 3.8) is 0 Å². The Kier molecular flexibility index (Phi) is 7.35. The van der Waals surface area contributed by atoms with Crippen molar-refractivity contribution in [2.45, 2.75) is 45.0 Å². The average molecular weight is 485 g/mol. The smallest absolute Gasteiger partial charge is 0.247 e. The number of carbonyl (C=O) groups is 1. The zero-order valence-electron chi connectivity index (χ0n) is 18.7. The lowest BCUT2D eigenvalue weighted by Gasteiger charge is -2.30. The van der Waals surface area contributed by atoms with Crippen LogP contribution in [0.3, 0.4) is 0 Å². The molecule has 4 rings (SSSR count). The van der Waals surface area contributed by atoms with Gasteiger partial charge in [-0.1, -0.05) is 36.7 Å². The molecule has 9 heteroatoms. The molecule has 2 heterocycles. The van der Waals surface area contributed by atoms with E-state index in [2.05, 4.69) is 22.1 Å². The molecule has 0 unspecified atom stereocenters. The van der Waals surface area contributed by atoms with Crippen LogP contribution >= 0.6 is 23.4 Å². The van der Waals surface area contributed by atoms with Gasteiger partial charge in [0.2, 0.25) is 23.2 Å². The minimum absolute atomic E-state index is 0.184. The number of hydrogen-bond acceptors (Lipinski definition) is 7. The first-order valence-electron chi connectivity index (χ1n) is 10.9. The summed E-state index contributed by atoms with van der Waals surface area (Å²) in [5.74, 6) is 1.77. The predicted octanol–water partition coefficient (Wildman–Crippen LogP) is 5.93. The zero-order chi connectivity index (χ0) is 23.4. The molecular weight excluding hydrogens is 460 g/mol. The van der Waals surface area contributed by atoms with Gasteiger partial charge in [0.25, 0.3) is 0 Å². The molecule has 1 atom stereocenters. The monoisotopic (exact) mass is 484 g/mol. The highest BCUT2D eigenvalue weighted by atomic mass is 35.5. The van der Waals surface area contributed by atoms with Gasteiger partial charge in [-0.3, -0.25) is 9.69 Å². The molecule has 0 fully saturated rings. The molecule has 0 N–H and O–H groups in total. The molecule has 7 nitrogen and oxygen atoms in total. The van der Waals surface area contributed by atoms with Crippen molar-refractivity contribution in [2.75, 3.05) is 17.3 Å². The van der Waals surface area contributed by atoms with E-state index in [4.69, 9.17) is 21.1 Å². The van der Waals surface area contributed by atoms with Crippen LogP contribution in [-0.2, 0) is 4.79 Å². The van der Waals surface area contributed by atoms with E-state index >= 15 is 0 Å². The molecule has 172 valence electrons. The maximum Gasteiger partial charge on any atom is 0.247 e. The lowest BCUT2D eigenvalue weighted by Crippen LogP contribution is -2.36. The van der Waals surface area contributed by atoms with E-state index in [1.807, 2.05) is 31.2 Å². The van der Waals surface area contributed by atoms with Crippen LogP contribution < -0.4 is 14.4 Å². The molecular formula is C24H25ClN4O3S. The number of fused-ring (bicyclic) bond motifs is 3. The Balaban J connectivity index is 1.83. The standard InChI is InChI=1S/C24H25ClN4O3S/c1-4-6-13-33-24-26-22-21(27-28-24)19-14-17(25)9-12-20(19)29(15(3)30)23(32-22)16-7-10-18(11-8-16)31-5-2/h7-12,14,23H,4-6,13H2,1-3H3/t23-/m0/s1. The van der Waals surface area contributed by atoms with E-state index in [0.29, 0.717) is 39.6 Å². The molecule has 1 aromatic heterocycles. The van der Waals surface area contributed by atoms with Crippen molar-refractivity contribution in [1.82, 2.24) is 15.2 Å². The third-order valence-corrected chi connectivity index (χ3v) is 6.27. The largest absolute Gasteiger partial charge is 0.494 e. The van der Waals surface area contributed by atoms with Crippen molar-refractivity contribution in [1.29, 1.82) is 0 Å². The van der Waals surface area contributed by atoms with Crippen LogP contribution in [0.1, 0.15) is 45.4 Å². The minimum Gasteiger partial charge on any atom is -0.494 e. The van der Waals surface area contributed by atoms with Crippen LogP contribution in [-0.4, -0.2) is 33.4 Å². The zero-order valence-corrected chi connectivity index (χ0v) is 20.3. The van der Waals surface area contributed by atoms with Gasteiger partial charge in [0, 0.05) is 28.8 Å². The number of benzene rings is 2. The average Bonchev–Trinajstić information content (AvgIpc) is 2.94. The van der Waals surface area contributed by atoms with E-state index in [0.717, 1.165) is 29.9 Å². The summed E-state index contributed by atoms with van der Waals surface area (Å²) in [5.41, 5.74) is 2.51. The Morgan fingerprint density at radius 1 is 1.18 bits per heavy atom. The fourth-order valence-electron chi connectivity index (χ4n) is 3.56. The summed E-state index contributed by atoms with van der Waals surface area (Å²) in [4.78, 5) is 19.1. The van der Waals surface area contributed by atoms with Crippen LogP contribution in [0.5, 0.6) is 11.6 Å². The second-order valence-corrected chi connectivity index (χ2v) is 8.97. The minimum atomic E-state index is -0.746. The first-order chi connectivity index (χ1) is 16.0. The number of unbranched alkanes of at least 4 members (excludes halogenated alkanes) is 1.